The van der Waals surface area contributed by atoms with Crippen LogP contribution in [0.1, 0.15) is 29.2 Å². The van der Waals surface area contributed by atoms with Gasteiger partial charge >= 0.3 is 0 Å². The molecule has 6 nitrogen and oxygen atoms in total. The molecule has 31 heavy (non-hydrogen) atoms. The van der Waals surface area contributed by atoms with E-state index in [2.05, 4.69) is 33.3 Å². The number of thioether (sulfide) groups is 1. The summed E-state index contributed by atoms with van der Waals surface area (Å²) in [6.45, 7) is 3.97. The second-order valence-electron chi connectivity index (χ2n) is 7.33. The molecule has 3 heterocycles. The van der Waals surface area contributed by atoms with E-state index in [1.54, 1.807) is 22.4 Å². The predicted octanol–water partition coefficient (Wildman–Crippen LogP) is 4.98. The molecule has 0 fully saturated rings. The van der Waals surface area contributed by atoms with E-state index >= 15 is 0 Å². The molecule has 0 amide bonds. The van der Waals surface area contributed by atoms with Gasteiger partial charge in [-0.3, -0.25) is 9.79 Å². The average Bonchev–Trinajstić information content (AvgIpc) is 3.30. The zero-order valence-electron chi connectivity index (χ0n) is 17.0. The number of benzene rings is 2. The number of hydrogen-bond acceptors (Lipinski definition) is 7. The van der Waals surface area contributed by atoms with Crippen LogP contribution in [0.4, 0.5) is 11.5 Å². The minimum absolute atomic E-state index is 0.291. The standard InChI is InChI=1S/C23H19N5OS2/c1-13-8-9-19-17(10-13)16(14(2)25-19)11-18-20(24)28-22(26-21(18)29)31-23(27-28)30-12-15-6-4-3-5-7-15/h3-11H,12,24H2,1-2H3/b16-11+. The van der Waals surface area contributed by atoms with E-state index in [0.717, 1.165) is 38.2 Å². The first kappa shape index (κ1) is 19.7. The van der Waals surface area contributed by atoms with Gasteiger partial charge in [-0.2, -0.15) is 9.50 Å². The fourth-order valence-corrected chi connectivity index (χ4v) is 5.39. The molecule has 1 aliphatic heterocycles. The Morgan fingerprint density at radius 3 is 2.77 bits per heavy atom. The second-order valence-corrected chi connectivity index (χ2v) is 9.51. The number of allylic oxidation sites excluding steroid dienone is 1. The highest BCUT2D eigenvalue weighted by Gasteiger charge is 2.20. The maximum Gasteiger partial charge on any atom is 0.283 e. The molecule has 4 aromatic rings. The Bertz CT molecular complexity index is 1430. The summed E-state index contributed by atoms with van der Waals surface area (Å²) in [7, 11) is 0. The first-order valence-corrected chi connectivity index (χ1v) is 11.5. The zero-order chi connectivity index (χ0) is 21.5. The number of anilines is 1. The van der Waals surface area contributed by atoms with E-state index < -0.39 is 0 Å². The van der Waals surface area contributed by atoms with E-state index in [4.69, 9.17) is 5.73 Å². The zero-order valence-corrected chi connectivity index (χ0v) is 18.6. The van der Waals surface area contributed by atoms with Crippen LogP contribution >= 0.6 is 23.1 Å². The summed E-state index contributed by atoms with van der Waals surface area (Å²) in [6.07, 6.45) is 1.79. The molecular weight excluding hydrogens is 426 g/mol. The van der Waals surface area contributed by atoms with Crippen molar-refractivity contribution in [2.24, 2.45) is 4.99 Å². The van der Waals surface area contributed by atoms with Gasteiger partial charge in [-0.15, -0.1) is 5.10 Å². The number of aryl methyl sites for hydroxylation is 1. The van der Waals surface area contributed by atoms with Gasteiger partial charge in [-0.05, 0) is 37.6 Å². The Morgan fingerprint density at radius 1 is 1.16 bits per heavy atom. The molecule has 0 bridgehead atoms. The van der Waals surface area contributed by atoms with Crippen molar-refractivity contribution in [3.63, 3.8) is 0 Å². The summed E-state index contributed by atoms with van der Waals surface area (Å²) < 4.78 is 2.37. The first-order chi connectivity index (χ1) is 15.0. The molecule has 0 aliphatic carbocycles. The molecule has 2 aromatic heterocycles. The lowest BCUT2D eigenvalue weighted by Crippen LogP contribution is -2.17. The van der Waals surface area contributed by atoms with Gasteiger partial charge in [-0.1, -0.05) is 65.1 Å². The molecule has 154 valence electrons. The molecule has 1 aliphatic rings. The lowest BCUT2D eigenvalue weighted by Gasteiger charge is -2.05. The van der Waals surface area contributed by atoms with Gasteiger partial charge in [0.1, 0.15) is 5.82 Å². The molecule has 8 heteroatoms. The predicted molar refractivity (Wildman–Crippen MR) is 129 cm³/mol. The van der Waals surface area contributed by atoms with Crippen LogP contribution in [-0.2, 0) is 5.75 Å². The average molecular weight is 446 g/mol. The highest BCUT2D eigenvalue weighted by molar-refractivity contribution is 8.00. The van der Waals surface area contributed by atoms with Crippen LogP contribution in [0, 0.1) is 6.92 Å². The van der Waals surface area contributed by atoms with E-state index in [1.165, 1.54) is 16.9 Å². The molecule has 0 saturated heterocycles. The van der Waals surface area contributed by atoms with Crippen LogP contribution in [0.25, 0.3) is 16.6 Å². The summed E-state index contributed by atoms with van der Waals surface area (Å²) in [4.78, 5) is 22.1. The van der Waals surface area contributed by atoms with Crippen LogP contribution in [0.15, 0.2) is 62.7 Å². The topological polar surface area (TPSA) is 85.6 Å². The lowest BCUT2D eigenvalue weighted by atomic mass is 9.99. The highest BCUT2D eigenvalue weighted by Crippen LogP contribution is 2.37. The van der Waals surface area contributed by atoms with Crippen molar-refractivity contribution in [2.75, 3.05) is 5.73 Å². The number of aromatic nitrogens is 3. The van der Waals surface area contributed by atoms with Crippen LogP contribution in [0.5, 0.6) is 0 Å². The van der Waals surface area contributed by atoms with Crippen LogP contribution < -0.4 is 11.3 Å². The number of nitrogens with zero attached hydrogens (tertiary/aromatic N) is 4. The van der Waals surface area contributed by atoms with Gasteiger partial charge in [-0.25, -0.2) is 0 Å². The van der Waals surface area contributed by atoms with Crippen molar-refractivity contribution in [1.82, 2.24) is 14.6 Å². The summed E-state index contributed by atoms with van der Waals surface area (Å²) in [5.41, 5.74) is 12.3. The molecule has 0 radical (unpaired) electrons. The van der Waals surface area contributed by atoms with Gasteiger partial charge in [0.25, 0.3) is 5.56 Å². The van der Waals surface area contributed by atoms with E-state index in [-0.39, 0.29) is 5.56 Å². The summed E-state index contributed by atoms with van der Waals surface area (Å²) in [5, 5.41) is 4.59. The molecule has 0 atom stereocenters. The van der Waals surface area contributed by atoms with Crippen molar-refractivity contribution in [2.45, 2.75) is 23.9 Å². The Kier molecular flexibility index (Phi) is 4.95. The van der Waals surface area contributed by atoms with Gasteiger partial charge in [0.05, 0.1) is 11.3 Å². The summed E-state index contributed by atoms with van der Waals surface area (Å²) in [5.74, 6) is 1.08. The third kappa shape index (κ3) is 3.68. The smallest absolute Gasteiger partial charge is 0.283 e. The number of fused-ring (bicyclic) bond motifs is 2. The van der Waals surface area contributed by atoms with Crippen LogP contribution in [-0.4, -0.2) is 20.3 Å². The number of nitrogens with two attached hydrogens (primary N) is 1. The number of rotatable bonds is 4. The van der Waals surface area contributed by atoms with Gasteiger partial charge in [0.2, 0.25) is 4.96 Å². The molecule has 0 unspecified atom stereocenters. The molecule has 5 rings (SSSR count). The van der Waals surface area contributed by atoms with E-state index in [1.807, 2.05) is 44.2 Å². The third-order valence-electron chi connectivity index (χ3n) is 5.09. The number of aliphatic imine (C=N–C) groups is 1. The molecule has 2 N–H and O–H groups in total. The van der Waals surface area contributed by atoms with Crippen molar-refractivity contribution < 1.29 is 0 Å². The minimum atomic E-state index is -0.359. The fraction of sp³-hybridized carbons (Fsp3) is 0.130. The second kappa shape index (κ2) is 7.79. The summed E-state index contributed by atoms with van der Waals surface area (Å²) >= 11 is 2.97. The number of nitrogen functional groups attached to an aromatic ring is 1. The minimum Gasteiger partial charge on any atom is -0.383 e. The largest absolute Gasteiger partial charge is 0.383 e. The van der Waals surface area contributed by atoms with Gasteiger partial charge in [0.15, 0.2) is 4.34 Å². The van der Waals surface area contributed by atoms with Crippen molar-refractivity contribution >= 4 is 56.9 Å². The first-order valence-electron chi connectivity index (χ1n) is 9.74. The maximum atomic E-state index is 12.8. The highest BCUT2D eigenvalue weighted by atomic mass is 32.2. The molecule has 0 saturated carbocycles. The molecular formula is C23H19N5OS2. The quantitative estimate of drug-likeness (QED) is 0.448. The summed E-state index contributed by atoms with van der Waals surface area (Å²) in [6, 6.07) is 16.3. The Balaban J connectivity index is 1.53. The molecule has 2 aromatic carbocycles. The maximum absolute atomic E-state index is 12.8. The van der Waals surface area contributed by atoms with E-state index in [0.29, 0.717) is 16.3 Å². The van der Waals surface area contributed by atoms with Crippen molar-refractivity contribution in [3.05, 3.63) is 81.1 Å². The normalized spacial score (nSPS) is 14.3. The third-order valence-corrected chi connectivity index (χ3v) is 7.20. The fourth-order valence-electron chi connectivity index (χ4n) is 3.50. The van der Waals surface area contributed by atoms with Crippen LogP contribution in [0.3, 0.4) is 0 Å². The van der Waals surface area contributed by atoms with Crippen molar-refractivity contribution in [3.8, 4) is 0 Å². The molecule has 0 spiro atoms. The lowest BCUT2D eigenvalue weighted by molar-refractivity contribution is 0.894. The Labute approximate surface area is 187 Å². The van der Waals surface area contributed by atoms with Crippen molar-refractivity contribution in [1.29, 1.82) is 0 Å². The SMILES string of the molecule is CC1=Nc2ccc(C)cc2/C1=C/c1c(N)n2nc(SCc3ccccc3)sc2nc1=O. The van der Waals surface area contributed by atoms with Gasteiger partial charge < -0.3 is 5.73 Å². The number of hydrogen-bond donors (Lipinski definition) is 1. The van der Waals surface area contributed by atoms with E-state index in [9.17, 15) is 4.79 Å². The van der Waals surface area contributed by atoms with Gasteiger partial charge in [0, 0.05) is 22.6 Å². The monoisotopic (exact) mass is 445 g/mol. The van der Waals surface area contributed by atoms with Crippen LogP contribution in [0.2, 0.25) is 0 Å². The Morgan fingerprint density at radius 2 is 1.97 bits per heavy atom. The Hall–Kier alpha value is -3.23.